The molecular formula is C15H19N3O3. The maximum absolute atomic E-state index is 5.93. The number of ether oxygens (including phenoxy) is 3. The van der Waals surface area contributed by atoms with E-state index in [-0.39, 0.29) is 6.79 Å². The van der Waals surface area contributed by atoms with Crippen molar-refractivity contribution in [2.24, 2.45) is 0 Å². The number of fused-ring (bicyclic) bond motifs is 1. The van der Waals surface area contributed by atoms with Gasteiger partial charge in [-0.1, -0.05) is 0 Å². The predicted molar refractivity (Wildman–Crippen MR) is 77.6 cm³/mol. The molecule has 1 aliphatic heterocycles. The molecular weight excluding hydrogens is 270 g/mol. The Kier molecular flexibility index (Phi) is 3.96. The molecule has 0 bridgehead atoms. The molecule has 1 aromatic carbocycles. The molecule has 0 saturated heterocycles. The van der Waals surface area contributed by atoms with Gasteiger partial charge in [0.15, 0.2) is 11.5 Å². The summed E-state index contributed by atoms with van der Waals surface area (Å²) in [4.78, 5) is 0. The van der Waals surface area contributed by atoms with E-state index < -0.39 is 0 Å². The molecule has 0 saturated carbocycles. The Hall–Kier alpha value is -2.21. The minimum Gasteiger partial charge on any atom is -0.488 e. The first-order valence-electron chi connectivity index (χ1n) is 7.01. The number of nitrogens with zero attached hydrogens (tertiary/aromatic N) is 2. The first kappa shape index (κ1) is 13.8. The van der Waals surface area contributed by atoms with Crippen LogP contribution in [0, 0.1) is 0 Å². The molecule has 2 heterocycles. The van der Waals surface area contributed by atoms with Crippen LogP contribution in [-0.2, 0) is 19.7 Å². The highest BCUT2D eigenvalue weighted by atomic mass is 16.7. The fraction of sp³-hybridized carbons (Fsp3) is 0.400. The first-order valence-corrected chi connectivity index (χ1v) is 7.01. The van der Waals surface area contributed by atoms with Crippen LogP contribution in [0.1, 0.15) is 18.1 Å². The number of aromatic nitrogens is 2. The first-order chi connectivity index (χ1) is 10.3. The smallest absolute Gasteiger partial charge is 0.231 e. The Balaban J connectivity index is 1.77. The van der Waals surface area contributed by atoms with Gasteiger partial charge in [-0.05, 0) is 20.0 Å². The van der Waals surface area contributed by atoms with Crippen molar-refractivity contribution in [2.75, 3.05) is 13.8 Å². The lowest BCUT2D eigenvalue weighted by atomic mass is 10.1. The van der Waals surface area contributed by atoms with E-state index in [2.05, 4.69) is 17.3 Å². The van der Waals surface area contributed by atoms with Crippen LogP contribution in [0.15, 0.2) is 24.5 Å². The van der Waals surface area contributed by atoms with Crippen LogP contribution in [0.3, 0.4) is 0 Å². The van der Waals surface area contributed by atoms with Crippen molar-refractivity contribution in [1.82, 2.24) is 15.1 Å². The van der Waals surface area contributed by atoms with Crippen LogP contribution in [0.2, 0.25) is 0 Å². The lowest BCUT2D eigenvalue weighted by Gasteiger charge is -2.12. The van der Waals surface area contributed by atoms with Crippen molar-refractivity contribution in [3.8, 4) is 17.2 Å². The summed E-state index contributed by atoms with van der Waals surface area (Å²) in [7, 11) is 1.90. The Bertz CT molecular complexity index is 625. The monoisotopic (exact) mass is 289 g/mol. The molecule has 0 aliphatic carbocycles. The van der Waals surface area contributed by atoms with E-state index in [4.69, 9.17) is 14.2 Å². The summed E-state index contributed by atoms with van der Waals surface area (Å²) in [5, 5.41) is 7.38. The molecule has 3 rings (SSSR count). The number of hydrogen-bond donors (Lipinski definition) is 1. The zero-order valence-corrected chi connectivity index (χ0v) is 12.3. The molecule has 0 atom stereocenters. The van der Waals surface area contributed by atoms with Crippen molar-refractivity contribution in [2.45, 2.75) is 26.6 Å². The van der Waals surface area contributed by atoms with Gasteiger partial charge in [0.1, 0.15) is 12.4 Å². The Morgan fingerprint density at radius 2 is 2.14 bits per heavy atom. The number of nitrogens with one attached hydrogen (secondary N) is 1. The summed E-state index contributed by atoms with van der Waals surface area (Å²) in [5.74, 6) is 2.30. The molecule has 0 amide bonds. The summed E-state index contributed by atoms with van der Waals surface area (Å²) in [6.07, 6.45) is 3.82. The topological polar surface area (TPSA) is 57.5 Å². The van der Waals surface area contributed by atoms with Crippen LogP contribution >= 0.6 is 0 Å². The zero-order valence-electron chi connectivity index (χ0n) is 12.3. The van der Waals surface area contributed by atoms with Crippen molar-refractivity contribution in [3.05, 3.63) is 35.7 Å². The average molecular weight is 289 g/mol. The maximum atomic E-state index is 5.93. The van der Waals surface area contributed by atoms with E-state index in [9.17, 15) is 0 Å². The molecule has 1 N–H and O–H groups in total. The second-order valence-electron chi connectivity index (χ2n) is 4.84. The molecule has 112 valence electrons. The summed E-state index contributed by atoms with van der Waals surface area (Å²) in [5.41, 5.74) is 2.09. The largest absolute Gasteiger partial charge is 0.488 e. The average Bonchev–Trinajstić information content (AvgIpc) is 3.13. The van der Waals surface area contributed by atoms with Gasteiger partial charge in [0, 0.05) is 36.5 Å². The van der Waals surface area contributed by atoms with Gasteiger partial charge in [0.25, 0.3) is 0 Å². The van der Waals surface area contributed by atoms with Gasteiger partial charge in [-0.25, -0.2) is 0 Å². The summed E-state index contributed by atoms with van der Waals surface area (Å²) in [6.45, 7) is 4.37. The van der Waals surface area contributed by atoms with E-state index in [1.807, 2.05) is 36.3 Å². The molecule has 0 unspecified atom stereocenters. The van der Waals surface area contributed by atoms with Crippen LogP contribution in [-0.4, -0.2) is 23.6 Å². The third kappa shape index (κ3) is 2.95. The number of aryl methyl sites for hydroxylation is 1. The minimum absolute atomic E-state index is 0.265. The third-order valence-electron chi connectivity index (χ3n) is 3.33. The predicted octanol–water partition coefficient (Wildman–Crippen LogP) is 1.93. The standard InChI is InChI=1S/C15H19N3O3/c1-3-18-8-11(6-17-18)9-19-13-5-15-14(20-10-21-15)4-12(13)7-16-2/h4-6,8,16H,3,7,9-10H2,1-2H3. The van der Waals surface area contributed by atoms with Crippen molar-refractivity contribution in [1.29, 1.82) is 0 Å². The van der Waals surface area contributed by atoms with Gasteiger partial charge in [-0.2, -0.15) is 5.10 Å². The van der Waals surface area contributed by atoms with Crippen molar-refractivity contribution < 1.29 is 14.2 Å². The van der Waals surface area contributed by atoms with E-state index in [1.165, 1.54) is 0 Å². The van der Waals surface area contributed by atoms with Gasteiger partial charge < -0.3 is 19.5 Å². The van der Waals surface area contributed by atoms with Crippen molar-refractivity contribution >= 4 is 0 Å². The maximum Gasteiger partial charge on any atom is 0.231 e. The molecule has 0 radical (unpaired) electrons. The molecule has 6 heteroatoms. The van der Waals surface area contributed by atoms with Gasteiger partial charge >= 0.3 is 0 Å². The minimum atomic E-state index is 0.265. The van der Waals surface area contributed by atoms with Gasteiger partial charge in [-0.3, -0.25) is 4.68 Å². The third-order valence-corrected chi connectivity index (χ3v) is 3.33. The van der Waals surface area contributed by atoms with E-state index in [1.54, 1.807) is 0 Å². The van der Waals surface area contributed by atoms with Gasteiger partial charge in [0.05, 0.1) is 6.20 Å². The molecule has 2 aromatic rings. The highest BCUT2D eigenvalue weighted by Crippen LogP contribution is 2.38. The van der Waals surface area contributed by atoms with E-state index in [0.717, 1.165) is 34.9 Å². The molecule has 21 heavy (non-hydrogen) atoms. The second-order valence-corrected chi connectivity index (χ2v) is 4.84. The zero-order chi connectivity index (χ0) is 14.7. The Morgan fingerprint density at radius 3 is 2.86 bits per heavy atom. The van der Waals surface area contributed by atoms with Gasteiger partial charge in [-0.15, -0.1) is 0 Å². The van der Waals surface area contributed by atoms with Crippen LogP contribution in [0.25, 0.3) is 0 Å². The second kappa shape index (κ2) is 6.05. The number of rotatable bonds is 6. The molecule has 1 aromatic heterocycles. The van der Waals surface area contributed by atoms with E-state index in [0.29, 0.717) is 13.2 Å². The van der Waals surface area contributed by atoms with E-state index >= 15 is 0 Å². The molecule has 6 nitrogen and oxygen atoms in total. The van der Waals surface area contributed by atoms with Gasteiger partial charge in [0.2, 0.25) is 6.79 Å². The SMILES string of the molecule is CCn1cc(COc2cc3c(cc2CNC)OCO3)cn1. The summed E-state index contributed by atoms with van der Waals surface area (Å²) in [6, 6.07) is 3.85. The van der Waals surface area contributed by atoms with Crippen molar-refractivity contribution in [3.63, 3.8) is 0 Å². The molecule has 0 fully saturated rings. The lowest BCUT2D eigenvalue weighted by Crippen LogP contribution is -2.07. The summed E-state index contributed by atoms with van der Waals surface area (Å²) < 4.78 is 18.6. The fourth-order valence-corrected chi connectivity index (χ4v) is 2.24. The fourth-order valence-electron chi connectivity index (χ4n) is 2.24. The normalized spacial score (nSPS) is 12.7. The quantitative estimate of drug-likeness (QED) is 0.880. The highest BCUT2D eigenvalue weighted by Gasteiger charge is 2.18. The lowest BCUT2D eigenvalue weighted by molar-refractivity contribution is 0.173. The highest BCUT2D eigenvalue weighted by molar-refractivity contribution is 5.51. The van der Waals surface area contributed by atoms with Crippen LogP contribution < -0.4 is 19.5 Å². The Morgan fingerprint density at radius 1 is 1.33 bits per heavy atom. The number of hydrogen-bond acceptors (Lipinski definition) is 5. The molecule has 0 spiro atoms. The van der Waals surface area contributed by atoms with Crippen LogP contribution in [0.4, 0.5) is 0 Å². The Labute approximate surface area is 123 Å². The number of benzene rings is 1. The summed E-state index contributed by atoms with van der Waals surface area (Å²) >= 11 is 0. The molecule has 1 aliphatic rings. The van der Waals surface area contributed by atoms with Crippen LogP contribution in [0.5, 0.6) is 17.2 Å².